The molecule has 5 rings (SSSR count). The molecule has 2 heterocycles. The molecule has 1 fully saturated rings. The van der Waals surface area contributed by atoms with E-state index in [4.69, 9.17) is 4.52 Å². The minimum Gasteiger partial charge on any atom is -0.506 e. The van der Waals surface area contributed by atoms with Crippen LogP contribution in [0.2, 0.25) is 0 Å². The largest absolute Gasteiger partial charge is 0.506 e. The number of amidine groups is 1. The van der Waals surface area contributed by atoms with E-state index in [-0.39, 0.29) is 23.4 Å². The van der Waals surface area contributed by atoms with Crippen LogP contribution in [0.4, 0.5) is 10.1 Å². The summed E-state index contributed by atoms with van der Waals surface area (Å²) in [5, 5.41) is 14.7. The SMILES string of the molecule is CCOP1(=O)N=C(c2c(O)c3cc(F)ccc3n(CCC3CC3)c2=O)Nc2ccccc21. The van der Waals surface area contributed by atoms with Crippen molar-refractivity contribution in [3.63, 3.8) is 0 Å². The number of anilines is 1. The fourth-order valence-corrected chi connectivity index (χ4v) is 5.89. The molecule has 32 heavy (non-hydrogen) atoms. The zero-order valence-electron chi connectivity index (χ0n) is 17.5. The van der Waals surface area contributed by atoms with Gasteiger partial charge in [-0.25, -0.2) is 4.39 Å². The third-order valence-corrected chi connectivity index (χ3v) is 7.96. The quantitative estimate of drug-likeness (QED) is 0.539. The van der Waals surface area contributed by atoms with Crippen LogP contribution in [0.15, 0.2) is 52.0 Å². The van der Waals surface area contributed by atoms with Crippen molar-refractivity contribution in [1.82, 2.24) is 4.57 Å². The normalized spacial score (nSPS) is 20.0. The van der Waals surface area contributed by atoms with E-state index in [0.29, 0.717) is 29.0 Å². The first-order chi connectivity index (χ1) is 15.4. The van der Waals surface area contributed by atoms with Gasteiger partial charge in [-0.05, 0) is 49.6 Å². The van der Waals surface area contributed by atoms with Gasteiger partial charge in [0, 0.05) is 11.9 Å². The van der Waals surface area contributed by atoms with Crippen molar-refractivity contribution < 1.29 is 18.6 Å². The second-order valence-electron chi connectivity index (χ2n) is 8.10. The third kappa shape index (κ3) is 3.53. The molecule has 1 aromatic heterocycles. The van der Waals surface area contributed by atoms with Crippen molar-refractivity contribution in [2.75, 3.05) is 11.9 Å². The number of nitrogens with zero attached hydrogens (tertiary/aromatic N) is 2. The number of halogens is 1. The monoisotopic (exact) mass is 455 g/mol. The lowest BCUT2D eigenvalue weighted by molar-refractivity contribution is 0.341. The maximum atomic E-state index is 14.1. The smallest absolute Gasteiger partial charge is 0.348 e. The van der Waals surface area contributed by atoms with E-state index in [9.17, 15) is 18.9 Å². The number of rotatable bonds is 6. The van der Waals surface area contributed by atoms with Crippen LogP contribution in [0.3, 0.4) is 0 Å². The van der Waals surface area contributed by atoms with Crippen molar-refractivity contribution in [3.05, 3.63) is 64.2 Å². The summed E-state index contributed by atoms with van der Waals surface area (Å²) in [6, 6.07) is 10.8. The Morgan fingerprint density at radius 2 is 2.06 bits per heavy atom. The van der Waals surface area contributed by atoms with E-state index in [0.717, 1.165) is 19.3 Å². The first-order valence-corrected chi connectivity index (χ1v) is 12.3. The number of aromatic nitrogens is 1. The standard InChI is InChI=1S/C23H23FN3O4P/c1-2-31-32(30)19-6-4-3-5-17(19)25-22(26-32)20-21(28)16-13-15(24)9-10-18(16)27(23(20)29)12-11-14-7-8-14/h3-6,9-10,13-14,28H,2,7-8,11-12H2,1H3,(H,25,26,30). The number of benzene rings is 2. The van der Waals surface area contributed by atoms with E-state index >= 15 is 0 Å². The summed E-state index contributed by atoms with van der Waals surface area (Å²) in [6.45, 7) is 2.30. The van der Waals surface area contributed by atoms with Gasteiger partial charge in [0.2, 0.25) is 0 Å². The molecule has 1 atom stereocenters. The average Bonchev–Trinajstić information content (AvgIpc) is 3.59. The molecule has 0 bridgehead atoms. The fraction of sp³-hybridized carbons (Fsp3) is 0.304. The van der Waals surface area contributed by atoms with Gasteiger partial charge in [0.25, 0.3) is 5.56 Å². The van der Waals surface area contributed by atoms with Crippen LogP contribution in [0, 0.1) is 11.7 Å². The summed E-state index contributed by atoms with van der Waals surface area (Å²) >= 11 is 0. The molecular formula is C23H23FN3O4P. The molecule has 3 aromatic rings. The Hall–Kier alpha value is -2.96. The average molecular weight is 455 g/mol. The zero-order valence-corrected chi connectivity index (χ0v) is 18.4. The highest BCUT2D eigenvalue weighted by Gasteiger charge is 2.35. The Bertz CT molecular complexity index is 1360. The summed E-state index contributed by atoms with van der Waals surface area (Å²) < 4.78 is 39.0. The Labute approximate surface area is 184 Å². The van der Waals surface area contributed by atoms with Gasteiger partial charge in [0.1, 0.15) is 17.1 Å². The summed E-state index contributed by atoms with van der Waals surface area (Å²) in [7, 11) is -3.68. The predicted octanol–water partition coefficient (Wildman–Crippen LogP) is 4.37. The molecule has 0 spiro atoms. The van der Waals surface area contributed by atoms with Crippen LogP contribution in [0.25, 0.3) is 10.9 Å². The van der Waals surface area contributed by atoms with Gasteiger partial charge in [-0.3, -0.25) is 9.36 Å². The second-order valence-corrected chi connectivity index (χ2v) is 10.1. The van der Waals surface area contributed by atoms with E-state index in [1.165, 1.54) is 18.2 Å². The number of fused-ring (bicyclic) bond motifs is 2. The highest BCUT2D eigenvalue weighted by atomic mass is 31.2. The van der Waals surface area contributed by atoms with Crippen LogP contribution >= 0.6 is 7.52 Å². The molecule has 1 aliphatic heterocycles. The Morgan fingerprint density at radius 1 is 1.28 bits per heavy atom. The molecule has 166 valence electrons. The highest BCUT2D eigenvalue weighted by molar-refractivity contribution is 7.66. The molecule has 2 aliphatic rings. The molecule has 0 radical (unpaired) electrons. The molecule has 0 saturated heterocycles. The number of aryl methyl sites for hydroxylation is 1. The fourth-order valence-electron chi connectivity index (χ4n) is 4.12. The molecule has 0 amide bonds. The molecular weight excluding hydrogens is 432 g/mol. The molecule has 1 saturated carbocycles. The molecule has 9 heteroatoms. The first-order valence-electron chi connectivity index (χ1n) is 10.7. The molecule has 1 aliphatic carbocycles. The third-order valence-electron chi connectivity index (χ3n) is 5.89. The van der Waals surface area contributed by atoms with Crippen molar-refractivity contribution in [2.24, 2.45) is 10.7 Å². The van der Waals surface area contributed by atoms with Gasteiger partial charge < -0.3 is 19.5 Å². The van der Waals surface area contributed by atoms with Gasteiger partial charge in [0.05, 0.1) is 23.1 Å². The van der Waals surface area contributed by atoms with Gasteiger partial charge in [-0.15, -0.1) is 0 Å². The molecule has 2 N–H and O–H groups in total. The van der Waals surface area contributed by atoms with E-state index in [1.807, 2.05) is 0 Å². The number of hydrogen-bond donors (Lipinski definition) is 2. The predicted molar refractivity (Wildman–Crippen MR) is 123 cm³/mol. The number of pyridine rings is 1. The number of aromatic hydroxyl groups is 1. The topological polar surface area (TPSA) is 92.9 Å². The summed E-state index contributed by atoms with van der Waals surface area (Å²) in [5.41, 5.74) is 0.310. The van der Waals surface area contributed by atoms with Crippen LogP contribution in [-0.4, -0.2) is 22.1 Å². The number of nitrogens with one attached hydrogen (secondary N) is 1. The van der Waals surface area contributed by atoms with Crippen molar-refractivity contribution in [2.45, 2.75) is 32.7 Å². The van der Waals surface area contributed by atoms with Crippen molar-refractivity contribution in [3.8, 4) is 5.75 Å². The molecule has 7 nitrogen and oxygen atoms in total. The number of para-hydroxylation sites is 1. The minimum atomic E-state index is -3.68. The lowest BCUT2D eigenvalue weighted by atomic mass is 10.1. The maximum absolute atomic E-state index is 14.1. The second kappa shape index (κ2) is 7.87. The number of hydrogen-bond acceptors (Lipinski definition) is 5. The minimum absolute atomic E-state index is 0.0469. The summed E-state index contributed by atoms with van der Waals surface area (Å²) in [4.78, 5) is 13.6. The van der Waals surface area contributed by atoms with Gasteiger partial charge in [0.15, 0.2) is 5.84 Å². The van der Waals surface area contributed by atoms with E-state index in [2.05, 4.69) is 10.1 Å². The van der Waals surface area contributed by atoms with E-state index in [1.54, 1.807) is 35.8 Å². The highest BCUT2D eigenvalue weighted by Crippen LogP contribution is 2.52. The Kier molecular flexibility index (Phi) is 5.14. The Morgan fingerprint density at radius 3 is 2.81 bits per heavy atom. The summed E-state index contributed by atoms with van der Waals surface area (Å²) in [6.07, 6.45) is 3.08. The van der Waals surface area contributed by atoms with Gasteiger partial charge >= 0.3 is 7.52 Å². The van der Waals surface area contributed by atoms with Crippen LogP contribution in [0.1, 0.15) is 31.7 Å². The van der Waals surface area contributed by atoms with Crippen LogP contribution in [-0.2, 0) is 15.6 Å². The Balaban J connectivity index is 1.74. The van der Waals surface area contributed by atoms with Crippen molar-refractivity contribution >= 4 is 35.3 Å². The van der Waals surface area contributed by atoms with Crippen molar-refractivity contribution in [1.29, 1.82) is 0 Å². The molecule has 1 unspecified atom stereocenters. The first kappa shape index (κ1) is 20.9. The van der Waals surface area contributed by atoms with E-state index < -0.39 is 24.6 Å². The van der Waals surface area contributed by atoms with Crippen LogP contribution in [0.5, 0.6) is 5.75 Å². The lowest BCUT2D eigenvalue weighted by Crippen LogP contribution is -2.33. The van der Waals surface area contributed by atoms with Crippen LogP contribution < -0.4 is 16.2 Å². The molecule has 2 aromatic carbocycles. The summed E-state index contributed by atoms with van der Waals surface area (Å²) in [5.74, 6) is -0.407. The van der Waals surface area contributed by atoms with Gasteiger partial charge in [-0.2, -0.15) is 4.76 Å². The maximum Gasteiger partial charge on any atom is 0.348 e. The lowest BCUT2D eigenvalue weighted by Gasteiger charge is -2.25. The van der Waals surface area contributed by atoms with Gasteiger partial charge in [-0.1, -0.05) is 25.0 Å². The zero-order chi connectivity index (χ0) is 22.5.